The lowest BCUT2D eigenvalue weighted by Crippen LogP contribution is -2.24. The van der Waals surface area contributed by atoms with Crippen molar-refractivity contribution in [1.82, 2.24) is 9.55 Å². The standard InChI is InChI=1S/C14H17ClFN3O/c15-8-6-10-12(7-9(8)16)19(14(17)18-10)11-4-2-1-3-5-13(11)20/h6-7,11,13,20H,1-5H2,(H2,17,18). The number of nitrogens with two attached hydrogens (primary N) is 1. The lowest BCUT2D eigenvalue weighted by atomic mass is 10.1. The molecule has 2 aromatic rings. The third kappa shape index (κ3) is 2.25. The van der Waals surface area contributed by atoms with Gasteiger partial charge in [-0.3, -0.25) is 0 Å². The first-order chi connectivity index (χ1) is 9.58. The molecule has 1 saturated carbocycles. The number of aliphatic hydroxyl groups is 1. The fraction of sp³-hybridized carbons (Fsp3) is 0.500. The molecule has 1 aliphatic rings. The largest absolute Gasteiger partial charge is 0.391 e. The first-order valence-electron chi connectivity index (χ1n) is 6.88. The van der Waals surface area contributed by atoms with Gasteiger partial charge in [-0.05, 0) is 18.9 Å². The summed E-state index contributed by atoms with van der Waals surface area (Å²) in [7, 11) is 0. The Hall–Kier alpha value is -1.33. The number of hydrogen-bond donors (Lipinski definition) is 2. The number of hydrogen-bond acceptors (Lipinski definition) is 3. The van der Waals surface area contributed by atoms with Crippen LogP contribution in [0, 0.1) is 5.82 Å². The van der Waals surface area contributed by atoms with Crippen molar-refractivity contribution in [2.24, 2.45) is 0 Å². The van der Waals surface area contributed by atoms with Gasteiger partial charge in [0.25, 0.3) is 0 Å². The van der Waals surface area contributed by atoms with Gasteiger partial charge in [-0.2, -0.15) is 0 Å². The second-order valence-corrected chi connectivity index (χ2v) is 5.77. The topological polar surface area (TPSA) is 64.1 Å². The lowest BCUT2D eigenvalue weighted by molar-refractivity contribution is 0.108. The Morgan fingerprint density at radius 1 is 1.30 bits per heavy atom. The number of anilines is 1. The molecular weight excluding hydrogens is 281 g/mol. The van der Waals surface area contributed by atoms with Crippen LogP contribution >= 0.6 is 11.6 Å². The van der Waals surface area contributed by atoms with Crippen LogP contribution in [0.15, 0.2) is 12.1 Å². The van der Waals surface area contributed by atoms with E-state index in [1.165, 1.54) is 12.1 Å². The average molecular weight is 298 g/mol. The Morgan fingerprint density at radius 3 is 2.85 bits per heavy atom. The van der Waals surface area contributed by atoms with Crippen molar-refractivity contribution in [3.05, 3.63) is 23.0 Å². The van der Waals surface area contributed by atoms with E-state index in [1.54, 1.807) is 4.57 Å². The van der Waals surface area contributed by atoms with Gasteiger partial charge in [-0.25, -0.2) is 9.37 Å². The van der Waals surface area contributed by atoms with Crippen molar-refractivity contribution in [1.29, 1.82) is 0 Å². The fourth-order valence-corrected chi connectivity index (χ4v) is 3.19. The number of nitrogens with zero attached hydrogens (tertiary/aromatic N) is 2. The molecule has 3 N–H and O–H groups in total. The van der Waals surface area contributed by atoms with Crippen molar-refractivity contribution in [3.8, 4) is 0 Å². The second-order valence-electron chi connectivity index (χ2n) is 5.37. The van der Waals surface area contributed by atoms with Gasteiger partial charge in [0.1, 0.15) is 5.82 Å². The molecule has 2 atom stereocenters. The zero-order chi connectivity index (χ0) is 14.3. The van der Waals surface area contributed by atoms with Crippen molar-refractivity contribution in [3.63, 3.8) is 0 Å². The van der Waals surface area contributed by atoms with Crippen molar-refractivity contribution < 1.29 is 9.50 Å². The first kappa shape index (κ1) is 13.6. The van der Waals surface area contributed by atoms with Gasteiger partial charge in [0, 0.05) is 6.07 Å². The number of halogens is 2. The van der Waals surface area contributed by atoms with Gasteiger partial charge in [-0.1, -0.05) is 30.9 Å². The van der Waals surface area contributed by atoms with E-state index >= 15 is 0 Å². The van der Waals surface area contributed by atoms with Crippen molar-refractivity contribution in [2.75, 3.05) is 5.73 Å². The van der Waals surface area contributed by atoms with Gasteiger partial charge >= 0.3 is 0 Å². The Bertz CT molecular complexity index is 643. The molecule has 108 valence electrons. The van der Waals surface area contributed by atoms with E-state index < -0.39 is 11.9 Å². The molecule has 3 rings (SSSR count). The molecule has 20 heavy (non-hydrogen) atoms. The summed E-state index contributed by atoms with van der Waals surface area (Å²) in [6.45, 7) is 0. The monoisotopic (exact) mass is 297 g/mol. The molecule has 1 fully saturated rings. The maximum absolute atomic E-state index is 13.7. The third-order valence-corrected chi connectivity index (χ3v) is 4.32. The summed E-state index contributed by atoms with van der Waals surface area (Å²) in [5.41, 5.74) is 7.13. The van der Waals surface area contributed by atoms with Crippen molar-refractivity contribution in [2.45, 2.75) is 44.2 Å². The summed E-state index contributed by atoms with van der Waals surface area (Å²) in [6.07, 6.45) is 4.21. The summed E-state index contributed by atoms with van der Waals surface area (Å²) >= 11 is 5.78. The number of fused-ring (bicyclic) bond motifs is 1. The van der Waals surface area contributed by atoms with Crippen molar-refractivity contribution >= 4 is 28.6 Å². The van der Waals surface area contributed by atoms with Crippen LogP contribution in [0.3, 0.4) is 0 Å². The van der Waals surface area contributed by atoms with Gasteiger partial charge in [0.2, 0.25) is 5.95 Å². The highest BCUT2D eigenvalue weighted by Gasteiger charge is 2.27. The molecule has 0 aliphatic heterocycles. The average Bonchev–Trinajstić information content (AvgIpc) is 2.58. The minimum absolute atomic E-state index is 0.0311. The lowest BCUT2D eigenvalue weighted by Gasteiger charge is -2.23. The highest BCUT2D eigenvalue weighted by Crippen LogP contribution is 2.34. The SMILES string of the molecule is Nc1nc2cc(Cl)c(F)cc2n1C1CCCCCC1O. The Morgan fingerprint density at radius 2 is 2.05 bits per heavy atom. The van der Waals surface area contributed by atoms with E-state index in [1.807, 2.05) is 0 Å². The molecule has 0 bridgehead atoms. The van der Waals surface area contributed by atoms with Crippen LogP contribution in [0.2, 0.25) is 5.02 Å². The van der Waals surface area contributed by atoms with Gasteiger partial charge in [0.05, 0.1) is 28.2 Å². The normalized spacial score (nSPS) is 23.9. The molecular formula is C14H17ClFN3O. The molecule has 1 heterocycles. The molecule has 4 nitrogen and oxygen atoms in total. The van der Waals surface area contributed by atoms with E-state index in [-0.39, 0.29) is 11.1 Å². The number of benzene rings is 1. The van der Waals surface area contributed by atoms with E-state index in [9.17, 15) is 9.50 Å². The van der Waals surface area contributed by atoms with E-state index in [2.05, 4.69) is 4.98 Å². The Kier molecular flexibility index (Phi) is 3.56. The third-order valence-electron chi connectivity index (χ3n) is 4.03. The number of aliphatic hydroxyl groups excluding tert-OH is 1. The summed E-state index contributed by atoms with van der Waals surface area (Å²) in [5, 5.41) is 10.3. The second kappa shape index (κ2) is 5.22. The molecule has 0 spiro atoms. The molecule has 0 amide bonds. The highest BCUT2D eigenvalue weighted by atomic mass is 35.5. The Labute approximate surface area is 121 Å². The van der Waals surface area contributed by atoms with Gasteiger partial charge in [-0.15, -0.1) is 0 Å². The molecule has 1 aromatic carbocycles. The number of rotatable bonds is 1. The maximum Gasteiger partial charge on any atom is 0.201 e. The molecule has 2 unspecified atom stereocenters. The fourth-order valence-electron chi connectivity index (χ4n) is 3.03. The predicted octanol–water partition coefficient (Wildman–Crippen LogP) is 3.28. The van der Waals surface area contributed by atoms with E-state index in [0.29, 0.717) is 17.0 Å². The van der Waals surface area contributed by atoms with Crippen LogP contribution in [-0.2, 0) is 0 Å². The van der Waals surface area contributed by atoms with E-state index in [0.717, 1.165) is 32.1 Å². The van der Waals surface area contributed by atoms with Gasteiger partial charge < -0.3 is 15.4 Å². The molecule has 1 aromatic heterocycles. The predicted molar refractivity (Wildman–Crippen MR) is 77.2 cm³/mol. The minimum Gasteiger partial charge on any atom is -0.391 e. The molecule has 0 saturated heterocycles. The number of imidazole rings is 1. The zero-order valence-electron chi connectivity index (χ0n) is 11.0. The molecule has 6 heteroatoms. The summed E-state index contributed by atoms with van der Waals surface area (Å²) < 4.78 is 15.5. The zero-order valence-corrected chi connectivity index (χ0v) is 11.8. The van der Waals surface area contributed by atoms with Crippen LogP contribution in [0.1, 0.15) is 38.1 Å². The van der Waals surface area contributed by atoms with Crippen LogP contribution < -0.4 is 5.73 Å². The quantitative estimate of drug-likeness (QED) is 0.794. The summed E-state index contributed by atoms with van der Waals surface area (Å²) in [6, 6.07) is 2.67. The smallest absolute Gasteiger partial charge is 0.201 e. The van der Waals surface area contributed by atoms with E-state index in [4.69, 9.17) is 17.3 Å². The minimum atomic E-state index is -0.497. The Balaban J connectivity index is 2.14. The van der Waals surface area contributed by atoms with Crippen LogP contribution in [-0.4, -0.2) is 20.8 Å². The maximum atomic E-state index is 13.7. The summed E-state index contributed by atoms with van der Waals surface area (Å²) in [5.74, 6) is -0.198. The first-order valence-corrected chi connectivity index (χ1v) is 7.26. The number of nitrogen functional groups attached to an aromatic ring is 1. The van der Waals surface area contributed by atoms with Crippen LogP contribution in [0.4, 0.5) is 10.3 Å². The van der Waals surface area contributed by atoms with Crippen LogP contribution in [0.5, 0.6) is 0 Å². The molecule has 0 radical (unpaired) electrons. The number of aromatic nitrogens is 2. The van der Waals surface area contributed by atoms with Crippen LogP contribution in [0.25, 0.3) is 11.0 Å². The highest BCUT2D eigenvalue weighted by molar-refractivity contribution is 6.31. The summed E-state index contributed by atoms with van der Waals surface area (Å²) in [4.78, 5) is 4.23. The molecule has 1 aliphatic carbocycles. The van der Waals surface area contributed by atoms with Gasteiger partial charge in [0.15, 0.2) is 0 Å².